The first-order valence-electron chi connectivity index (χ1n) is 5.99. The summed E-state index contributed by atoms with van der Waals surface area (Å²) < 4.78 is 1.66. The van der Waals surface area contributed by atoms with E-state index in [1.807, 2.05) is 32.3 Å². The minimum atomic E-state index is -0.448. The lowest BCUT2D eigenvalue weighted by atomic mass is 10.1. The highest BCUT2D eigenvalue weighted by Crippen LogP contribution is 2.14. The van der Waals surface area contributed by atoms with E-state index >= 15 is 0 Å². The molecule has 0 aliphatic carbocycles. The third-order valence-electron chi connectivity index (χ3n) is 2.78. The summed E-state index contributed by atoms with van der Waals surface area (Å²) in [6.45, 7) is 1.95. The zero-order valence-electron chi connectivity index (χ0n) is 12.0. The summed E-state index contributed by atoms with van der Waals surface area (Å²) in [7, 11) is 3.55. The molecular formula is C13H19Cl2N5O. The number of halogens is 2. The molecule has 2 rings (SSSR count). The van der Waals surface area contributed by atoms with Gasteiger partial charge in [-0.2, -0.15) is 5.10 Å². The monoisotopic (exact) mass is 331 g/mol. The van der Waals surface area contributed by atoms with Crippen LogP contribution < -0.4 is 10.6 Å². The molecule has 21 heavy (non-hydrogen) atoms. The van der Waals surface area contributed by atoms with E-state index in [0.29, 0.717) is 5.82 Å². The van der Waals surface area contributed by atoms with E-state index in [1.165, 1.54) is 0 Å². The number of carbonyl (C=O) groups excluding carboxylic acids is 1. The minimum Gasteiger partial charge on any atom is -0.309 e. The molecule has 8 heteroatoms. The van der Waals surface area contributed by atoms with E-state index in [-0.39, 0.29) is 30.7 Å². The molecule has 1 atom stereocenters. The van der Waals surface area contributed by atoms with Crippen LogP contribution in [0.1, 0.15) is 17.2 Å². The molecule has 2 aromatic heterocycles. The first kappa shape index (κ1) is 19.4. The number of rotatable bonds is 4. The van der Waals surface area contributed by atoms with Gasteiger partial charge in [0.25, 0.3) is 0 Å². The van der Waals surface area contributed by atoms with Crippen LogP contribution in [0, 0.1) is 6.92 Å². The van der Waals surface area contributed by atoms with E-state index < -0.39 is 6.04 Å². The van der Waals surface area contributed by atoms with Gasteiger partial charge in [0.1, 0.15) is 11.9 Å². The van der Waals surface area contributed by atoms with E-state index in [2.05, 4.69) is 20.7 Å². The summed E-state index contributed by atoms with van der Waals surface area (Å²) in [5.74, 6) is 0.391. The third kappa shape index (κ3) is 5.00. The molecule has 6 nitrogen and oxygen atoms in total. The van der Waals surface area contributed by atoms with Crippen LogP contribution in [0.2, 0.25) is 0 Å². The number of likely N-dealkylation sites (N-methyl/N-ethyl adjacent to an activating group) is 1. The number of anilines is 1. The maximum Gasteiger partial charge on any atom is 0.247 e. The van der Waals surface area contributed by atoms with Crippen LogP contribution in [0.5, 0.6) is 0 Å². The molecule has 0 bridgehead atoms. The van der Waals surface area contributed by atoms with Gasteiger partial charge in [-0.3, -0.25) is 9.48 Å². The minimum absolute atomic E-state index is 0. The van der Waals surface area contributed by atoms with Gasteiger partial charge in [-0.15, -0.1) is 24.8 Å². The molecule has 116 valence electrons. The number of nitrogens with zero attached hydrogens (tertiary/aromatic N) is 3. The predicted octanol–water partition coefficient (Wildman–Crippen LogP) is 1.87. The van der Waals surface area contributed by atoms with Crippen molar-refractivity contribution in [3.05, 3.63) is 41.9 Å². The van der Waals surface area contributed by atoms with Crippen molar-refractivity contribution in [2.75, 3.05) is 12.4 Å². The Morgan fingerprint density at radius 2 is 2.10 bits per heavy atom. The fourth-order valence-corrected chi connectivity index (χ4v) is 1.84. The summed E-state index contributed by atoms with van der Waals surface area (Å²) in [5.41, 5.74) is 1.86. The van der Waals surface area contributed by atoms with Crippen molar-refractivity contribution in [2.45, 2.75) is 13.0 Å². The van der Waals surface area contributed by atoms with E-state index in [4.69, 9.17) is 0 Å². The number of hydrogen-bond donors (Lipinski definition) is 2. The Labute approximate surface area is 136 Å². The molecule has 0 aliphatic rings. The smallest absolute Gasteiger partial charge is 0.247 e. The SMILES string of the molecule is CNC(C(=O)Nc1cc(C)ccn1)c1cnn(C)c1.Cl.Cl. The van der Waals surface area contributed by atoms with Crippen LogP contribution in [-0.4, -0.2) is 27.7 Å². The van der Waals surface area contributed by atoms with Crippen molar-refractivity contribution in [3.8, 4) is 0 Å². The zero-order chi connectivity index (χ0) is 13.8. The number of aromatic nitrogens is 3. The Morgan fingerprint density at radius 3 is 2.62 bits per heavy atom. The lowest BCUT2D eigenvalue weighted by Gasteiger charge is -2.14. The molecule has 2 heterocycles. The molecule has 0 fully saturated rings. The van der Waals surface area contributed by atoms with Crippen LogP contribution >= 0.6 is 24.8 Å². The molecule has 0 saturated heterocycles. The first-order chi connectivity index (χ1) is 9.10. The van der Waals surface area contributed by atoms with Crippen molar-refractivity contribution in [1.82, 2.24) is 20.1 Å². The highest BCUT2D eigenvalue weighted by Gasteiger charge is 2.20. The number of aryl methyl sites for hydroxylation is 2. The standard InChI is InChI=1S/C13H17N5O.2ClH/c1-9-4-5-15-11(6-9)17-13(19)12(14-2)10-7-16-18(3)8-10;;/h4-8,12,14H,1-3H3,(H,15,17,19);2*1H. The lowest BCUT2D eigenvalue weighted by Crippen LogP contribution is -2.30. The van der Waals surface area contributed by atoms with Gasteiger partial charge in [0, 0.05) is 25.0 Å². The number of nitrogens with one attached hydrogen (secondary N) is 2. The molecule has 1 amide bonds. The van der Waals surface area contributed by atoms with Crippen molar-refractivity contribution in [3.63, 3.8) is 0 Å². The van der Waals surface area contributed by atoms with Crippen molar-refractivity contribution in [1.29, 1.82) is 0 Å². The van der Waals surface area contributed by atoms with Gasteiger partial charge in [-0.25, -0.2) is 4.98 Å². The number of amides is 1. The van der Waals surface area contributed by atoms with Gasteiger partial charge in [0.15, 0.2) is 0 Å². The highest BCUT2D eigenvalue weighted by atomic mass is 35.5. The molecule has 0 radical (unpaired) electrons. The summed E-state index contributed by atoms with van der Waals surface area (Å²) in [6, 6.07) is 3.26. The van der Waals surface area contributed by atoms with Gasteiger partial charge in [-0.05, 0) is 31.7 Å². The van der Waals surface area contributed by atoms with Crippen LogP contribution in [-0.2, 0) is 11.8 Å². The van der Waals surface area contributed by atoms with E-state index in [0.717, 1.165) is 11.1 Å². The van der Waals surface area contributed by atoms with Gasteiger partial charge in [-0.1, -0.05) is 0 Å². The average molecular weight is 332 g/mol. The van der Waals surface area contributed by atoms with Gasteiger partial charge < -0.3 is 10.6 Å². The fraction of sp³-hybridized carbons (Fsp3) is 0.308. The maximum absolute atomic E-state index is 12.2. The number of pyridine rings is 1. The zero-order valence-corrected chi connectivity index (χ0v) is 13.7. The lowest BCUT2D eigenvalue weighted by molar-refractivity contribution is -0.118. The summed E-state index contributed by atoms with van der Waals surface area (Å²) >= 11 is 0. The predicted molar refractivity (Wildman–Crippen MR) is 87.1 cm³/mol. The van der Waals surface area contributed by atoms with Crippen LogP contribution in [0.3, 0.4) is 0 Å². The fourth-order valence-electron chi connectivity index (χ4n) is 1.84. The first-order valence-corrected chi connectivity index (χ1v) is 5.99. The molecule has 2 aromatic rings. The van der Waals surface area contributed by atoms with E-state index in [1.54, 1.807) is 24.1 Å². The van der Waals surface area contributed by atoms with Crippen LogP contribution in [0.25, 0.3) is 0 Å². The quantitative estimate of drug-likeness (QED) is 0.897. The van der Waals surface area contributed by atoms with Crippen molar-refractivity contribution < 1.29 is 4.79 Å². The molecule has 1 unspecified atom stereocenters. The van der Waals surface area contributed by atoms with E-state index in [9.17, 15) is 4.79 Å². The van der Waals surface area contributed by atoms with Crippen LogP contribution in [0.15, 0.2) is 30.7 Å². The second-order valence-electron chi connectivity index (χ2n) is 4.38. The Hall–Kier alpha value is -1.63. The number of carbonyl (C=O) groups is 1. The topological polar surface area (TPSA) is 71.8 Å². The van der Waals surface area contributed by atoms with Gasteiger partial charge in [0.05, 0.1) is 6.20 Å². The molecule has 0 aromatic carbocycles. The Kier molecular flexibility index (Phi) is 7.94. The molecule has 0 aliphatic heterocycles. The summed E-state index contributed by atoms with van der Waals surface area (Å²) in [5, 5.41) is 9.84. The van der Waals surface area contributed by atoms with Crippen molar-refractivity contribution in [2.24, 2.45) is 7.05 Å². The Bertz CT molecular complexity index is 587. The largest absolute Gasteiger partial charge is 0.309 e. The summed E-state index contributed by atoms with van der Waals surface area (Å²) in [6.07, 6.45) is 5.15. The van der Waals surface area contributed by atoms with Gasteiger partial charge in [0.2, 0.25) is 5.91 Å². The average Bonchev–Trinajstić information content (AvgIpc) is 2.76. The second-order valence-corrected chi connectivity index (χ2v) is 4.38. The highest BCUT2D eigenvalue weighted by molar-refractivity contribution is 5.94. The molecule has 0 spiro atoms. The van der Waals surface area contributed by atoms with Crippen LogP contribution in [0.4, 0.5) is 5.82 Å². The van der Waals surface area contributed by atoms with Crippen molar-refractivity contribution >= 4 is 36.5 Å². The third-order valence-corrected chi connectivity index (χ3v) is 2.78. The normalized spacial score (nSPS) is 11.0. The second kappa shape index (κ2) is 8.61. The van der Waals surface area contributed by atoms with Gasteiger partial charge >= 0.3 is 0 Å². The molecular weight excluding hydrogens is 313 g/mol. The maximum atomic E-state index is 12.2. The molecule has 0 saturated carbocycles. The number of hydrogen-bond acceptors (Lipinski definition) is 4. The Balaban J connectivity index is 0.00000200. The summed E-state index contributed by atoms with van der Waals surface area (Å²) in [4.78, 5) is 16.3. The molecule has 2 N–H and O–H groups in total. The Morgan fingerprint density at radius 1 is 1.38 bits per heavy atom.